The van der Waals surface area contributed by atoms with E-state index >= 15 is 0 Å². The van der Waals surface area contributed by atoms with Gasteiger partial charge in [0.1, 0.15) is 36.3 Å². The Morgan fingerprint density at radius 1 is 0.786 bits per heavy atom. The van der Waals surface area contributed by atoms with Crippen molar-refractivity contribution in [3.05, 3.63) is 35.9 Å². The molecule has 2 fully saturated rings. The zero-order valence-electron chi connectivity index (χ0n) is 32.0. The van der Waals surface area contributed by atoms with Gasteiger partial charge in [-0.3, -0.25) is 33.6 Å². The van der Waals surface area contributed by atoms with Gasteiger partial charge in [-0.1, -0.05) is 44.2 Å². The van der Waals surface area contributed by atoms with Gasteiger partial charge >= 0.3 is 5.97 Å². The Morgan fingerprint density at radius 2 is 1.36 bits per heavy atom. The fraction of sp³-hybridized carbons (Fsp3) is 0.622. The third-order valence-electron chi connectivity index (χ3n) is 9.79. The molecule has 2 aliphatic rings. The maximum atomic E-state index is 13.9. The number of amides is 7. The molecule has 1 aromatic rings. The highest BCUT2D eigenvalue weighted by Crippen LogP contribution is 2.26. The lowest BCUT2D eigenvalue weighted by Gasteiger charge is -2.33. The molecule has 8 atom stereocenters. The van der Waals surface area contributed by atoms with Crippen LogP contribution in [0.15, 0.2) is 30.3 Å². The second kappa shape index (κ2) is 21.2. The van der Waals surface area contributed by atoms with Crippen molar-refractivity contribution >= 4 is 47.3 Å². The van der Waals surface area contributed by atoms with Gasteiger partial charge in [-0.05, 0) is 63.4 Å². The van der Waals surface area contributed by atoms with Gasteiger partial charge in [0, 0.05) is 19.5 Å². The number of primary amides is 1. The molecule has 19 nitrogen and oxygen atoms in total. The van der Waals surface area contributed by atoms with E-state index in [2.05, 4.69) is 21.3 Å². The Labute approximate surface area is 325 Å². The minimum Gasteiger partial charge on any atom is -0.480 e. The Balaban J connectivity index is 1.72. The van der Waals surface area contributed by atoms with Crippen molar-refractivity contribution in [1.82, 2.24) is 31.1 Å². The number of carboxylic acids is 1. The molecule has 0 spiro atoms. The number of nitrogens with two attached hydrogens (primary N) is 2. The predicted octanol–water partition coefficient (Wildman–Crippen LogP) is -2.75. The van der Waals surface area contributed by atoms with Gasteiger partial charge in [0.05, 0.1) is 18.8 Å². The van der Waals surface area contributed by atoms with Gasteiger partial charge < -0.3 is 57.9 Å². The molecule has 0 unspecified atom stereocenters. The summed E-state index contributed by atoms with van der Waals surface area (Å²) in [7, 11) is 0. The standard InChI is InChI=1S/C37H56N8O11/c1-20(2)17-25(35(53)44-15-7-11-27(44)36(54)45-16-8-12-28(45)37(55)56)41-33(51)26(19-46)42-32(50)24(13-14-29(39)48)40-34(52)30(21(3)47)43-31(49)23(38)18-22-9-5-4-6-10-22/h4-6,9-10,20-21,23-28,30,46-47H,7-8,11-19,38H2,1-3H3,(H2,39,48)(H,40,52)(H,41,51)(H,42,50)(H,43,49)(H,55,56)/t21-,23+,24+,25+,26+,27+,28+,30+/m1/s1. The zero-order valence-corrected chi connectivity index (χ0v) is 32.0. The Kier molecular flexibility index (Phi) is 17.2. The molecule has 7 amide bonds. The summed E-state index contributed by atoms with van der Waals surface area (Å²) in [6.45, 7) is 4.33. The van der Waals surface area contributed by atoms with Crippen LogP contribution >= 0.6 is 0 Å². The number of hydrogen-bond acceptors (Lipinski definition) is 11. The third kappa shape index (κ3) is 12.7. The average Bonchev–Trinajstić information content (AvgIpc) is 3.84. The van der Waals surface area contributed by atoms with Gasteiger partial charge in [-0.15, -0.1) is 0 Å². The smallest absolute Gasteiger partial charge is 0.326 e. The lowest BCUT2D eigenvalue weighted by molar-refractivity contribution is -0.152. The highest BCUT2D eigenvalue weighted by molar-refractivity contribution is 5.97. The van der Waals surface area contributed by atoms with E-state index in [1.54, 1.807) is 44.2 Å². The Morgan fingerprint density at radius 3 is 1.93 bits per heavy atom. The van der Waals surface area contributed by atoms with Crippen LogP contribution in [-0.2, 0) is 44.8 Å². The maximum Gasteiger partial charge on any atom is 0.326 e. The van der Waals surface area contributed by atoms with Crippen molar-refractivity contribution in [2.24, 2.45) is 17.4 Å². The lowest BCUT2D eigenvalue weighted by Crippen LogP contribution is -2.61. The summed E-state index contributed by atoms with van der Waals surface area (Å²) < 4.78 is 0. The molecule has 11 N–H and O–H groups in total. The second-order valence-corrected chi connectivity index (χ2v) is 14.7. The van der Waals surface area contributed by atoms with Crippen molar-refractivity contribution in [2.45, 2.75) is 121 Å². The molecule has 0 bridgehead atoms. The minimum absolute atomic E-state index is 0.119. The molecule has 2 aliphatic heterocycles. The van der Waals surface area contributed by atoms with Crippen LogP contribution in [0.1, 0.15) is 71.3 Å². The van der Waals surface area contributed by atoms with Crippen LogP contribution in [0, 0.1) is 5.92 Å². The van der Waals surface area contributed by atoms with Gasteiger partial charge in [0.25, 0.3) is 0 Å². The number of rotatable bonds is 20. The first kappa shape index (κ1) is 45.3. The zero-order chi connectivity index (χ0) is 41.7. The summed E-state index contributed by atoms with van der Waals surface area (Å²) in [6.07, 6.45) is -0.376. The summed E-state index contributed by atoms with van der Waals surface area (Å²) in [4.78, 5) is 107. The van der Waals surface area contributed by atoms with Crippen LogP contribution in [0.2, 0.25) is 0 Å². The minimum atomic E-state index is -1.65. The fourth-order valence-corrected chi connectivity index (χ4v) is 6.84. The molecular weight excluding hydrogens is 732 g/mol. The van der Waals surface area contributed by atoms with Crippen LogP contribution in [0.5, 0.6) is 0 Å². The molecule has 0 saturated carbocycles. The highest BCUT2D eigenvalue weighted by Gasteiger charge is 2.44. The van der Waals surface area contributed by atoms with Crippen LogP contribution in [-0.4, -0.2) is 141 Å². The van der Waals surface area contributed by atoms with Gasteiger partial charge in [0.2, 0.25) is 41.4 Å². The van der Waals surface area contributed by atoms with E-state index in [1.807, 2.05) is 0 Å². The van der Waals surface area contributed by atoms with E-state index in [9.17, 15) is 53.7 Å². The molecular formula is C37H56N8O11. The number of carbonyl (C=O) groups excluding carboxylic acids is 7. The molecule has 3 rings (SSSR count). The third-order valence-corrected chi connectivity index (χ3v) is 9.79. The van der Waals surface area contributed by atoms with E-state index in [4.69, 9.17) is 11.5 Å². The average molecular weight is 789 g/mol. The van der Waals surface area contributed by atoms with Crippen LogP contribution in [0.3, 0.4) is 0 Å². The normalized spacial score (nSPS) is 19.9. The Hall–Kier alpha value is -5.14. The molecule has 2 heterocycles. The highest BCUT2D eigenvalue weighted by atomic mass is 16.4. The molecule has 0 radical (unpaired) electrons. The quantitative estimate of drug-likeness (QED) is 0.0650. The summed E-state index contributed by atoms with van der Waals surface area (Å²) in [5, 5.41) is 39.8. The molecule has 0 aromatic heterocycles. The van der Waals surface area contributed by atoms with Crippen LogP contribution < -0.4 is 32.7 Å². The number of aliphatic hydroxyl groups excluding tert-OH is 2. The Bertz CT molecular complexity index is 1580. The summed E-state index contributed by atoms with van der Waals surface area (Å²) in [6, 6.07) is -0.143. The van der Waals surface area contributed by atoms with Crippen LogP contribution in [0.4, 0.5) is 0 Å². The van der Waals surface area contributed by atoms with Crippen molar-refractivity contribution in [3.63, 3.8) is 0 Å². The molecule has 19 heteroatoms. The van der Waals surface area contributed by atoms with Crippen LogP contribution in [0.25, 0.3) is 0 Å². The second-order valence-electron chi connectivity index (χ2n) is 14.7. The first-order chi connectivity index (χ1) is 26.4. The number of hydrogen-bond donors (Lipinski definition) is 9. The summed E-state index contributed by atoms with van der Waals surface area (Å²) in [5.74, 6) is -6.92. The SMILES string of the molecule is CC(C)C[C@H](NC(=O)[C@H](CO)NC(=O)[C@H](CCC(N)=O)NC(=O)[C@@H](NC(=O)[C@@H](N)Cc1ccccc1)[C@@H](C)O)C(=O)N1CCC[C@H]1C(=O)N1CCC[C@H]1C(=O)O. The van der Waals surface area contributed by atoms with Gasteiger partial charge in [-0.25, -0.2) is 4.79 Å². The fourth-order valence-electron chi connectivity index (χ4n) is 6.84. The molecule has 2 saturated heterocycles. The number of nitrogens with one attached hydrogen (secondary N) is 4. The lowest BCUT2D eigenvalue weighted by atomic mass is 10.0. The molecule has 1 aromatic carbocycles. The number of benzene rings is 1. The van der Waals surface area contributed by atoms with Crippen molar-refractivity contribution < 1.29 is 53.7 Å². The largest absolute Gasteiger partial charge is 0.480 e. The van der Waals surface area contributed by atoms with Gasteiger partial charge in [0.15, 0.2) is 0 Å². The monoisotopic (exact) mass is 788 g/mol. The number of likely N-dealkylation sites (tertiary alicyclic amines) is 2. The first-order valence-electron chi connectivity index (χ1n) is 18.9. The maximum absolute atomic E-state index is 13.9. The van der Waals surface area contributed by atoms with E-state index in [1.165, 1.54) is 16.7 Å². The van der Waals surface area contributed by atoms with E-state index in [0.29, 0.717) is 25.7 Å². The first-order valence-corrected chi connectivity index (χ1v) is 18.9. The predicted molar refractivity (Wildman–Crippen MR) is 200 cm³/mol. The van der Waals surface area contributed by atoms with Crippen molar-refractivity contribution in [1.29, 1.82) is 0 Å². The van der Waals surface area contributed by atoms with E-state index in [0.717, 1.165) is 5.56 Å². The van der Waals surface area contributed by atoms with Crippen molar-refractivity contribution in [3.8, 4) is 0 Å². The number of aliphatic carboxylic acids is 1. The molecule has 0 aliphatic carbocycles. The number of aliphatic hydroxyl groups is 2. The number of carboxylic acid groups (broad SMARTS) is 1. The summed E-state index contributed by atoms with van der Waals surface area (Å²) in [5.41, 5.74) is 12.1. The van der Waals surface area contributed by atoms with E-state index < -0.39 is 109 Å². The summed E-state index contributed by atoms with van der Waals surface area (Å²) >= 11 is 0. The van der Waals surface area contributed by atoms with E-state index in [-0.39, 0.29) is 38.3 Å². The number of nitrogens with zero attached hydrogens (tertiary/aromatic N) is 2. The van der Waals surface area contributed by atoms with Gasteiger partial charge in [-0.2, -0.15) is 0 Å². The topological polar surface area (TPSA) is 304 Å². The van der Waals surface area contributed by atoms with Crippen molar-refractivity contribution in [2.75, 3.05) is 19.7 Å². The molecule has 56 heavy (non-hydrogen) atoms. The molecule has 310 valence electrons. The number of carbonyl (C=O) groups is 8.